The molecule has 0 bridgehead atoms. The van der Waals surface area contributed by atoms with E-state index in [1.807, 2.05) is 0 Å². The zero-order valence-electron chi connectivity index (χ0n) is 9.69. The first-order chi connectivity index (χ1) is 8.90. The van der Waals surface area contributed by atoms with Crippen molar-refractivity contribution in [1.29, 1.82) is 0 Å². The van der Waals surface area contributed by atoms with Crippen LogP contribution in [0.25, 0.3) is 0 Å². The molecule has 0 aliphatic heterocycles. The number of hydrogen-bond donors (Lipinski definition) is 4. The lowest BCUT2D eigenvalue weighted by Gasteiger charge is -2.07. The average molecular weight is 305 g/mol. The van der Waals surface area contributed by atoms with Gasteiger partial charge in [-0.1, -0.05) is 23.2 Å². The Balaban J connectivity index is 2.51. The Kier molecular flexibility index (Phi) is 6.10. The highest BCUT2D eigenvalue weighted by atomic mass is 35.5. The maximum atomic E-state index is 11.7. The molecule has 0 radical (unpaired) electrons. The molecule has 6 nitrogen and oxygen atoms in total. The quantitative estimate of drug-likeness (QED) is 0.569. The fraction of sp³-hybridized carbons (Fsp3) is 0.200. The fourth-order valence-electron chi connectivity index (χ4n) is 1.19. The van der Waals surface area contributed by atoms with Crippen LogP contribution >= 0.6 is 23.2 Å². The molecule has 1 rings (SSSR count). The number of carbonyl (C=O) groups is 2. The molecular weight excluding hydrogens is 294 g/mol. The number of carbonyl (C=O) groups excluding carboxylic acids is 2. The molecule has 0 atom stereocenters. The van der Waals surface area contributed by atoms with E-state index in [1.54, 1.807) is 0 Å². The minimum atomic E-state index is -1.64. The highest BCUT2D eigenvalue weighted by molar-refractivity contribution is 6.41. The van der Waals surface area contributed by atoms with Crippen LogP contribution in [0.15, 0.2) is 18.2 Å². The summed E-state index contributed by atoms with van der Waals surface area (Å²) in [6, 6.07) is 4.39. The summed E-state index contributed by atoms with van der Waals surface area (Å²) in [5.74, 6) is -1.10. The van der Waals surface area contributed by atoms with Crippen molar-refractivity contribution in [3.8, 4) is 0 Å². The molecule has 0 aliphatic carbocycles. The van der Waals surface area contributed by atoms with Gasteiger partial charge < -0.3 is 20.7 Å². The van der Waals surface area contributed by atoms with Gasteiger partial charge in [-0.2, -0.15) is 0 Å². The molecule has 1 aromatic rings. The third kappa shape index (κ3) is 5.48. The van der Waals surface area contributed by atoms with E-state index in [9.17, 15) is 9.59 Å². The smallest absolute Gasteiger partial charge is 0.426 e. The normalized spacial score (nSPS) is 9.89. The van der Waals surface area contributed by atoms with E-state index < -0.39 is 18.9 Å². The second-order valence-electron chi connectivity index (χ2n) is 3.59. The van der Waals surface area contributed by atoms with E-state index in [-0.39, 0.29) is 23.6 Å². The Morgan fingerprint density at radius 3 is 2.53 bits per heavy atom. The minimum Gasteiger partial charge on any atom is -0.426 e. The lowest BCUT2D eigenvalue weighted by atomic mass is 9.92. The van der Waals surface area contributed by atoms with E-state index in [4.69, 9.17) is 33.2 Å². The van der Waals surface area contributed by atoms with Crippen molar-refractivity contribution in [1.82, 2.24) is 10.6 Å². The fourth-order valence-corrected chi connectivity index (χ4v) is 1.57. The van der Waals surface area contributed by atoms with Crippen molar-refractivity contribution in [2.75, 3.05) is 13.0 Å². The van der Waals surface area contributed by atoms with Crippen LogP contribution in [0.4, 0.5) is 0 Å². The van der Waals surface area contributed by atoms with Gasteiger partial charge in [-0.05, 0) is 18.2 Å². The standard InChI is InChI=1S/C10H11BCl2N2O4/c12-6-1-2-8(13)7(3-6)10(17)14-4-9(16)15-5-11(18)19/h1-3,18-19H,4-5H2,(H,14,17)(H,15,16). The molecule has 0 fully saturated rings. The van der Waals surface area contributed by atoms with Gasteiger partial charge in [0.15, 0.2) is 0 Å². The molecule has 0 aromatic heterocycles. The summed E-state index contributed by atoms with van der Waals surface area (Å²) in [6.07, 6.45) is -0.313. The van der Waals surface area contributed by atoms with E-state index in [0.717, 1.165) is 0 Å². The van der Waals surface area contributed by atoms with Crippen LogP contribution in [-0.4, -0.2) is 42.0 Å². The molecule has 4 N–H and O–H groups in total. The van der Waals surface area contributed by atoms with Gasteiger partial charge in [0.05, 0.1) is 23.6 Å². The van der Waals surface area contributed by atoms with Gasteiger partial charge in [0, 0.05) is 5.02 Å². The molecule has 2 amide bonds. The van der Waals surface area contributed by atoms with Crippen LogP contribution in [0.5, 0.6) is 0 Å². The van der Waals surface area contributed by atoms with Crippen molar-refractivity contribution in [2.24, 2.45) is 0 Å². The summed E-state index contributed by atoms with van der Waals surface area (Å²) in [7, 11) is -1.64. The highest BCUT2D eigenvalue weighted by Crippen LogP contribution is 2.20. The maximum absolute atomic E-state index is 11.7. The topological polar surface area (TPSA) is 98.7 Å². The SMILES string of the molecule is O=C(CNC(=O)c1cc(Cl)ccc1Cl)NCB(O)O. The predicted molar refractivity (Wildman–Crippen MR) is 72.0 cm³/mol. The van der Waals surface area contributed by atoms with Gasteiger partial charge in [-0.3, -0.25) is 9.59 Å². The molecule has 0 saturated carbocycles. The Morgan fingerprint density at radius 1 is 1.21 bits per heavy atom. The van der Waals surface area contributed by atoms with Gasteiger partial charge in [0.1, 0.15) is 0 Å². The third-order valence-corrected chi connectivity index (χ3v) is 2.63. The molecular formula is C10H11BCl2N2O4. The Bertz CT molecular complexity index is 485. The number of nitrogens with one attached hydrogen (secondary N) is 2. The zero-order valence-corrected chi connectivity index (χ0v) is 11.2. The van der Waals surface area contributed by atoms with Gasteiger partial charge in [0.25, 0.3) is 5.91 Å². The van der Waals surface area contributed by atoms with Crippen LogP contribution in [0.3, 0.4) is 0 Å². The molecule has 0 aliphatic rings. The van der Waals surface area contributed by atoms with Crippen LogP contribution in [0.2, 0.25) is 10.0 Å². The number of rotatable bonds is 5. The first kappa shape index (κ1) is 15.8. The predicted octanol–water partition coefficient (Wildman–Crippen LogP) is -0.149. The maximum Gasteiger partial charge on any atom is 0.472 e. The molecule has 9 heteroatoms. The summed E-state index contributed by atoms with van der Waals surface area (Å²) >= 11 is 11.6. The summed E-state index contributed by atoms with van der Waals surface area (Å²) in [6.45, 7) is -0.311. The summed E-state index contributed by atoms with van der Waals surface area (Å²) < 4.78 is 0. The van der Waals surface area contributed by atoms with Gasteiger partial charge >= 0.3 is 7.12 Å². The largest absolute Gasteiger partial charge is 0.472 e. The Labute approximate surface area is 119 Å². The second kappa shape index (κ2) is 7.35. The van der Waals surface area contributed by atoms with E-state index in [2.05, 4.69) is 10.6 Å². The van der Waals surface area contributed by atoms with Gasteiger partial charge in [-0.25, -0.2) is 0 Å². The van der Waals surface area contributed by atoms with Crippen molar-refractivity contribution in [3.63, 3.8) is 0 Å². The Hall–Kier alpha value is -1.28. The minimum absolute atomic E-state index is 0.157. The summed E-state index contributed by atoms with van der Waals surface area (Å²) in [4.78, 5) is 23.0. The molecule has 0 heterocycles. The molecule has 0 saturated heterocycles. The number of hydrogen-bond acceptors (Lipinski definition) is 4. The van der Waals surface area contributed by atoms with E-state index in [1.165, 1.54) is 18.2 Å². The van der Waals surface area contributed by atoms with Crippen molar-refractivity contribution in [3.05, 3.63) is 33.8 Å². The lowest BCUT2D eigenvalue weighted by Crippen LogP contribution is -2.41. The third-order valence-electron chi connectivity index (χ3n) is 2.06. The molecule has 0 unspecified atom stereocenters. The number of halogens is 2. The summed E-state index contributed by atoms with van der Waals surface area (Å²) in [5.41, 5.74) is 0.157. The van der Waals surface area contributed by atoms with Crippen molar-refractivity contribution < 1.29 is 19.6 Å². The van der Waals surface area contributed by atoms with Gasteiger partial charge in [0.2, 0.25) is 5.91 Å². The molecule has 0 spiro atoms. The first-order valence-electron chi connectivity index (χ1n) is 5.26. The summed E-state index contributed by atoms with van der Waals surface area (Å²) in [5, 5.41) is 22.2. The van der Waals surface area contributed by atoms with Crippen LogP contribution < -0.4 is 10.6 Å². The molecule has 19 heavy (non-hydrogen) atoms. The van der Waals surface area contributed by atoms with Gasteiger partial charge in [-0.15, -0.1) is 0 Å². The second-order valence-corrected chi connectivity index (χ2v) is 4.44. The average Bonchev–Trinajstić information content (AvgIpc) is 2.36. The van der Waals surface area contributed by atoms with Crippen LogP contribution in [0.1, 0.15) is 10.4 Å². The van der Waals surface area contributed by atoms with E-state index >= 15 is 0 Å². The van der Waals surface area contributed by atoms with Crippen molar-refractivity contribution in [2.45, 2.75) is 0 Å². The van der Waals surface area contributed by atoms with E-state index in [0.29, 0.717) is 5.02 Å². The number of amides is 2. The lowest BCUT2D eigenvalue weighted by molar-refractivity contribution is -0.119. The molecule has 1 aromatic carbocycles. The first-order valence-corrected chi connectivity index (χ1v) is 6.02. The monoisotopic (exact) mass is 304 g/mol. The van der Waals surface area contributed by atoms with Crippen LogP contribution in [0, 0.1) is 0 Å². The zero-order chi connectivity index (χ0) is 14.4. The number of benzene rings is 1. The van der Waals surface area contributed by atoms with Crippen molar-refractivity contribution >= 4 is 42.1 Å². The van der Waals surface area contributed by atoms with Crippen LogP contribution in [-0.2, 0) is 4.79 Å². The highest BCUT2D eigenvalue weighted by Gasteiger charge is 2.13. The molecule has 102 valence electrons. The Morgan fingerprint density at radius 2 is 1.89 bits per heavy atom.